The molecule has 0 saturated carbocycles. The van der Waals surface area contributed by atoms with Crippen LogP contribution in [0.4, 0.5) is 0 Å². The van der Waals surface area contributed by atoms with E-state index in [2.05, 4.69) is 0 Å². The van der Waals surface area contributed by atoms with Crippen LogP contribution < -0.4 is 5.73 Å². The molecule has 0 radical (unpaired) electrons. The number of rotatable bonds is 8. The Kier molecular flexibility index (Phi) is 6.54. The lowest BCUT2D eigenvalue weighted by atomic mass is 10.2. The summed E-state index contributed by atoms with van der Waals surface area (Å²) in [6.45, 7) is 1.69. The van der Waals surface area contributed by atoms with Crippen molar-refractivity contribution in [2.24, 2.45) is 5.73 Å². The van der Waals surface area contributed by atoms with Gasteiger partial charge in [-0.05, 0) is 12.0 Å². The fraction of sp³-hybridized carbons (Fsp3) is 0.462. The van der Waals surface area contributed by atoms with Gasteiger partial charge in [-0.3, -0.25) is 0 Å². The van der Waals surface area contributed by atoms with E-state index in [-0.39, 0.29) is 24.7 Å². The number of hydrogen-bond acceptors (Lipinski definition) is 4. The number of aliphatic hydroxyl groups excluding tert-OH is 1. The Balaban J connectivity index is 3.03. The molecule has 20 heavy (non-hydrogen) atoms. The van der Waals surface area contributed by atoms with Gasteiger partial charge in [0, 0.05) is 13.1 Å². The van der Waals surface area contributed by atoms with E-state index in [9.17, 15) is 8.42 Å². The lowest BCUT2D eigenvalue weighted by Gasteiger charge is -2.26. The predicted octanol–water partition coefficient (Wildman–Crippen LogP) is 0.875. The second-order valence-corrected chi connectivity index (χ2v) is 6.97. The standard InChI is InChI=1S/C13H20N2O3S2/c1-2-12(13(14)19)20(17,18)15(8-9-16)10-11-6-4-3-5-7-11/h3-7,12,16H,2,8-10H2,1H3,(H2,14,19). The number of aliphatic hydroxyl groups is 1. The molecule has 0 aliphatic heterocycles. The van der Waals surface area contributed by atoms with Crippen molar-refractivity contribution >= 4 is 27.2 Å². The van der Waals surface area contributed by atoms with Crippen LogP contribution in [0.2, 0.25) is 0 Å². The summed E-state index contributed by atoms with van der Waals surface area (Å²) in [5.74, 6) is 0. The second kappa shape index (κ2) is 7.68. The molecule has 0 aliphatic rings. The number of nitrogens with zero attached hydrogens (tertiary/aromatic N) is 1. The number of sulfonamides is 1. The van der Waals surface area contributed by atoms with E-state index < -0.39 is 15.3 Å². The highest BCUT2D eigenvalue weighted by Gasteiger charge is 2.32. The van der Waals surface area contributed by atoms with Crippen LogP contribution in [-0.2, 0) is 16.6 Å². The van der Waals surface area contributed by atoms with E-state index in [0.29, 0.717) is 6.42 Å². The zero-order valence-corrected chi connectivity index (χ0v) is 13.0. The molecule has 1 aromatic rings. The molecule has 5 nitrogen and oxygen atoms in total. The van der Waals surface area contributed by atoms with Gasteiger partial charge in [-0.1, -0.05) is 49.5 Å². The molecular formula is C13H20N2O3S2. The van der Waals surface area contributed by atoms with Crippen LogP contribution in [0.3, 0.4) is 0 Å². The lowest BCUT2D eigenvalue weighted by molar-refractivity contribution is 0.250. The van der Waals surface area contributed by atoms with E-state index in [1.54, 1.807) is 6.92 Å². The fourth-order valence-corrected chi connectivity index (χ4v) is 4.20. The number of nitrogens with two attached hydrogens (primary N) is 1. The summed E-state index contributed by atoms with van der Waals surface area (Å²) in [5.41, 5.74) is 6.37. The predicted molar refractivity (Wildman–Crippen MR) is 83.7 cm³/mol. The van der Waals surface area contributed by atoms with Crippen LogP contribution in [0.5, 0.6) is 0 Å². The molecule has 1 atom stereocenters. The maximum absolute atomic E-state index is 12.5. The van der Waals surface area contributed by atoms with Gasteiger partial charge in [0.15, 0.2) is 0 Å². The molecule has 1 rings (SSSR count). The van der Waals surface area contributed by atoms with Crippen LogP contribution in [0.25, 0.3) is 0 Å². The quantitative estimate of drug-likeness (QED) is 0.696. The zero-order valence-electron chi connectivity index (χ0n) is 11.4. The number of thiocarbonyl (C=S) groups is 1. The molecule has 0 heterocycles. The monoisotopic (exact) mass is 316 g/mol. The first kappa shape index (κ1) is 17.0. The van der Waals surface area contributed by atoms with Crippen molar-refractivity contribution in [3.05, 3.63) is 35.9 Å². The van der Waals surface area contributed by atoms with Crippen LogP contribution in [0, 0.1) is 0 Å². The Morgan fingerprint density at radius 1 is 1.40 bits per heavy atom. The molecule has 3 N–H and O–H groups in total. The van der Waals surface area contributed by atoms with Crippen LogP contribution in [-0.4, -0.2) is 41.2 Å². The van der Waals surface area contributed by atoms with Crippen molar-refractivity contribution in [3.8, 4) is 0 Å². The second-order valence-electron chi connectivity index (χ2n) is 4.39. The molecule has 0 aromatic heterocycles. The third-order valence-corrected chi connectivity index (χ3v) is 5.73. The summed E-state index contributed by atoms with van der Waals surface area (Å²) in [6, 6.07) is 9.20. The minimum absolute atomic E-state index is 0.0241. The van der Waals surface area contributed by atoms with Crippen molar-refractivity contribution in [1.82, 2.24) is 4.31 Å². The molecule has 0 bridgehead atoms. The summed E-state index contributed by atoms with van der Waals surface area (Å²) < 4.78 is 26.3. The fourth-order valence-electron chi connectivity index (χ4n) is 1.93. The minimum Gasteiger partial charge on any atom is -0.395 e. The zero-order chi connectivity index (χ0) is 15.2. The van der Waals surface area contributed by atoms with Gasteiger partial charge in [-0.25, -0.2) is 8.42 Å². The topological polar surface area (TPSA) is 83.6 Å². The van der Waals surface area contributed by atoms with E-state index in [1.807, 2.05) is 30.3 Å². The first-order valence-corrected chi connectivity index (χ1v) is 8.27. The Labute approximate surface area is 125 Å². The van der Waals surface area contributed by atoms with E-state index in [1.165, 1.54) is 4.31 Å². The average Bonchev–Trinajstić information content (AvgIpc) is 2.39. The molecule has 0 amide bonds. The largest absolute Gasteiger partial charge is 0.395 e. The van der Waals surface area contributed by atoms with Gasteiger partial charge in [0.1, 0.15) is 5.25 Å². The number of hydrogen-bond donors (Lipinski definition) is 2. The summed E-state index contributed by atoms with van der Waals surface area (Å²) in [6.07, 6.45) is 0.314. The van der Waals surface area contributed by atoms with Gasteiger partial charge in [0.05, 0.1) is 11.6 Å². The van der Waals surface area contributed by atoms with E-state index >= 15 is 0 Å². The van der Waals surface area contributed by atoms with Crippen molar-refractivity contribution in [2.45, 2.75) is 25.1 Å². The highest BCUT2D eigenvalue weighted by Crippen LogP contribution is 2.16. The smallest absolute Gasteiger partial charge is 0.223 e. The van der Waals surface area contributed by atoms with Gasteiger partial charge < -0.3 is 10.8 Å². The SMILES string of the molecule is CCC(C(N)=S)S(=O)(=O)N(CCO)Cc1ccccc1. The molecule has 0 fully saturated rings. The molecule has 7 heteroatoms. The number of benzene rings is 1. The normalized spacial score (nSPS) is 13.3. The van der Waals surface area contributed by atoms with E-state index in [4.69, 9.17) is 23.1 Å². The Morgan fingerprint density at radius 3 is 2.45 bits per heavy atom. The minimum atomic E-state index is -3.67. The van der Waals surface area contributed by atoms with Crippen molar-refractivity contribution in [2.75, 3.05) is 13.2 Å². The van der Waals surface area contributed by atoms with Gasteiger partial charge in [-0.2, -0.15) is 4.31 Å². The Bertz CT molecular complexity index is 532. The molecule has 112 valence electrons. The highest BCUT2D eigenvalue weighted by molar-refractivity contribution is 7.92. The molecule has 0 aliphatic carbocycles. The Morgan fingerprint density at radius 2 is 2.00 bits per heavy atom. The molecule has 1 unspecified atom stereocenters. The summed E-state index contributed by atoms with van der Waals surface area (Å²) in [7, 11) is -3.67. The third kappa shape index (κ3) is 4.24. The van der Waals surface area contributed by atoms with Crippen molar-refractivity contribution < 1.29 is 13.5 Å². The highest BCUT2D eigenvalue weighted by atomic mass is 32.2. The molecule has 0 spiro atoms. The van der Waals surface area contributed by atoms with Crippen LogP contribution >= 0.6 is 12.2 Å². The maximum atomic E-state index is 12.5. The first-order chi connectivity index (χ1) is 9.43. The van der Waals surface area contributed by atoms with E-state index in [0.717, 1.165) is 5.56 Å². The van der Waals surface area contributed by atoms with Gasteiger partial charge >= 0.3 is 0 Å². The van der Waals surface area contributed by atoms with Gasteiger partial charge in [0.25, 0.3) is 0 Å². The van der Waals surface area contributed by atoms with Crippen LogP contribution in [0.1, 0.15) is 18.9 Å². The molecule has 1 aromatic carbocycles. The lowest BCUT2D eigenvalue weighted by Crippen LogP contribution is -2.45. The van der Waals surface area contributed by atoms with Crippen molar-refractivity contribution in [3.63, 3.8) is 0 Å². The third-order valence-electron chi connectivity index (χ3n) is 2.96. The maximum Gasteiger partial charge on any atom is 0.223 e. The Hall–Kier alpha value is -1.02. The van der Waals surface area contributed by atoms with Gasteiger partial charge in [-0.15, -0.1) is 0 Å². The van der Waals surface area contributed by atoms with Gasteiger partial charge in [0.2, 0.25) is 10.0 Å². The first-order valence-electron chi connectivity index (χ1n) is 6.36. The van der Waals surface area contributed by atoms with Crippen LogP contribution in [0.15, 0.2) is 30.3 Å². The average molecular weight is 316 g/mol. The summed E-state index contributed by atoms with van der Waals surface area (Å²) in [4.78, 5) is -0.0384. The van der Waals surface area contributed by atoms with Crippen molar-refractivity contribution in [1.29, 1.82) is 0 Å². The molecule has 0 saturated heterocycles. The summed E-state index contributed by atoms with van der Waals surface area (Å²) in [5, 5.41) is 8.21. The molecular weight excluding hydrogens is 296 g/mol. The summed E-state index contributed by atoms with van der Waals surface area (Å²) >= 11 is 4.84.